The van der Waals surface area contributed by atoms with Crippen molar-refractivity contribution < 1.29 is 19.1 Å². The summed E-state index contributed by atoms with van der Waals surface area (Å²) in [6, 6.07) is 5.56. The number of rotatable bonds is 5. The average molecular weight is 336 g/mol. The maximum absolute atomic E-state index is 12.9. The number of hydrogen-bond donors (Lipinski definition) is 2. The van der Waals surface area contributed by atoms with Crippen LogP contribution in [0.1, 0.15) is 38.4 Å². The first-order valence-electron chi connectivity index (χ1n) is 8.38. The van der Waals surface area contributed by atoms with Gasteiger partial charge in [0.15, 0.2) is 0 Å². The zero-order valence-corrected chi connectivity index (χ0v) is 14.2. The first kappa shape index (κ1) is 18.4. The summed E-state index contributed by atoms with van der Waals surface area (Å²) >= 11 is 0. The van der Waals surface area contributed by atoms with Gasteiger partial charge < -0.3 is 15.3 Å². The lowest BCUT2D eigenvalue weighted by atomic mass is 9.95. The first-order valence-corrected chi connectivity index (χ1v) is 8.38. The Hall–Kier alpha value is -1.95. The summed E-state index contributed by atoms with van der Waals surface area (Å²) in [5, 5.41) is 12.8. The zero-order chi connectivity index (χ0) is 17.7. The zero-order valence-electron chi connectivity index (χ0n) is 14.2. The summed E-state index contributed by atoms with van der Waals surface area (Å²) in [5.74, 6) is -0.506. The Bertz CT molecular complexity index is 566. The van der Waals surface area contributed by atoms with E-state index in [1.54, 1.807) is 0 Å². The van der Waals surface area contributed by atoms with Crippen LogP contribution < -0.4 is 5.32 Å². The number of nitrogens with one attached hydrogen (secondary N) is 1. The SMILES string of the molecule is CC(C)C(=O)N1CCC(C(=O)NC[C@H](O)c2ccc(F)cc2)CC1. The van der Waals surface area contributed by atoms with Gasteiger partial charge in [-0.25, -0.2) is 4.39 Å². The fourth-order valence-corrected chi connectivity index (χ4v) is 2.87. The Morgan fingerprint density at radius 2 is 1.83 bits per heavy atom. The number of carbonyl (C=O) groups is 2. The molecule has 1 aromatic rings. The number of nitrogens with zero attached hydrogens (tertiary/aromatic N) is 1. The van der Waals surface area contributed by atoms with E-state index in [1.165, 1.54) is 24.3 Å². The van der Waals surface area contributed by atoms with Gasteiger partial charge in [-0.2, -0.15) is 0 Å². The van der Waals surface area contributed by atoms with Crippen molar-refractivity contribution in [2.45, 2.75) is 32.8 Å². The number of aliphatic hydroxyl groups excluding tert-OH is 1. The minimum atomic E-state index is -0.864. The molecule has 24 heavy (non-hydrogen) atoms. The summed E-state index contributed by atoms with van der Waals surface area (Å²) in [6.07, 6.45) is 0.408. The second-order valence-electron chi connectivity index (χ2n) is 6.57. The monoisotopic (exact) mass is 336 g/mol. The van der Waals surface area contributed by atoms with E-state index in [0.29, 0.717) is 31.5 Å². The predicted molar refractivity (Wildman–Crippen MR) is 88.5 cm³/mol. The lowest BCUT2D eigenvalue weighted by Gasteiger charge is -2.32. The Morgan fingerprint density at radius 1 is 1.25 bits per heavy atom. The molecule has 0 bridgehead atoms. The highest BCUT2D eigenvalue weighted by Gasteiger charge is 2.28. The molecule has 132 valence electrons. The smallest absolute Gasteiger partial charge is 0.225 e. The maximum atomic E-state index is 12.9. The van der Waals surface area contributed by atoms with Crippen LogP contribution in [0.3, 0.4) is 0 Å². The first-order chi connectivity index (χ1) is 11.4. The predicted octanol–water partition coefficient (Wildman–Crippen LogP) is 1.87. The Balaban J connectivity index is 1.77. The number of likely N-dealkylation sites (tertiary alicyclic amines) is 1. The third-order valence-corrected chi connectivity index (χ3v) is 4.40. The van der Waals surface area contributed by atoms with Crippen LogP contribution in [0.4, 0.5) is 4.39 Å². The van der Waals surface area contributed by atoms with Gasteiger partial charge in [0.25, 0.3) is 0 Å². The van der Waals surface area contributed by atoms with Crippen LogP contribution in [0.5, 0.6) is 0 Å². The number of benzene rings is 1. The molecule has 0 radical (unpaired) electrons. The maximum Gasteiger partial charge on any atom is 0.225 e. The van der Waals surface area contributed by atoms with E-state index in [2.05, 4.69) is 5.32 Å². The van der Waals surface area contributed by atoms with Crippen molar-refractivity contribution in [1.29, 1.82) is 0 Å². The van der Waals surface area contributed by atoms with Crippen LogP contribution in [-0.2, 0) is 9.59 Å². The molecule has 6 heteroatoms. The molecule has 1 saturated heterocycles. The van der Waals surface area contributed by atoms with Gasteiger partial charge in [0.1, 0.15) is 5.82 Å². The third kappa shape index (κ3) is 4.77. The van der Waals surface area contributed by atoms with Gasteiger partial charge in [0.05, 0.1) is 6.10 Å². The van der Waals surface area contributed by atoms with Crippen LogP contribution in [0.25, 0.3) is 0 Å². The van der Waals surface area contributed by atoms with Gasteiger partial charge >= 0.3 is 0 Å². The molecule has 1 fully saturated rings. The number of carbonyl (C=O) groups excluding carboxylic acids is 2. The van der Waals surface area contributed by atoms with E-state index in [0.717, 1.165) is 0 Å². The van der Waals surface area contributed by atoms with Crippen LogP contribution >= 0.6 is 0 Å². The Kier molecular flexibility index (Phi) is 6.31. The van der Waals surface area contributed by atoms with E-state index in [1.807, 2.05) is 18.7 Å². The van der Waals surface area contributed by atoms with E-state index in [9.17, 15) is 19.1 Å². The van der Waals surface area contributed by atoms with Crippen LogP contribution in [0.15, 0.2) is 24.3 Å². The van der Waals surface area contributed by atoms with E-state index in [-0.39, 0.29) is 36.0 Å². The van der Waals surface area contributed by atoms with Crippen LogP contribution in [0.2, 0.25) is 0 Å². The molecule has 0 saturated carbocycles. The van der Waals surface area contributed by atoms with Gasteiger partial charge in [-0.15, -0.1) is 0 Å². The van der Waals surface area contributed by atoms with Crippen molar-refractivity contribution >= 4 is 11.8 Å². The third-order valence-electron chi connectivity index (χ3n) is 4.40. The second-order valence-corrected chi connectivity index (χ2v) is 6.57. The van der Waals surface area contributed by atoms with Gasteiger partial charge in [0.2, 0.25) is 11.8 Å². The van der Waals surface area contributed by atoms with Crippen LogP contribution in [0, 0.1) is 17.7 Å². The molecular weight excluding hydrogens is 311 g/mol. The molecule has 1 aliphatic rings. The highest BCUT2D eigenvalue weighted by Crippen LogP contribution is 2.19. The van der Waals surface area contributed by atoms with Crippen molar-refractivity contribution in [3.63, 3.8) is 0 Å². The molecule has 2 rings (SSSR count). The van der Waals surface area contributed by atoms with Crippen molar-refractivity contribution in [2.24, 2.45) is 11.8 Å². The summed E-state index contributed by atoms with van der Waals surface area (Å²) in [5.41, 5.74) is 0.564. The number of halogens is 1. The molecule has 0 aliphatic carbocycles. The van der Waals surface area contributed by atoms with Gasteiger partial charge in [-0.3, -0.25) is 9.59 Å². The van der Waals surface area contributed by atoms with Crippen LogP contribution in [-0.4, -0.2) is 41.5 Å². The van der Waals surface area contributed by atoms with Crippen molar-refractivity contribution in [3.05, 3.63) is 35.6 Å². The van der Waals surface area contributed by atoms with E-state index < -0.39 is 6.10 Å². The minimum Gasteiger partial charge on any atom is -0.387 e. The van der Waals surface area contributed by atoms with Crippen molar-refractivity contribution in [2.75, 3.05) is 19.6 Å². The lowest BCUT2D eigenvalue weighted by Crippen LogP contribution is -2.44. The fraction of sp³-hybridized carbons (Fsp3) is 0.556. The molecule has 0 spiro atoms. The van der Waals surface area contributed by atoms with Gasteiger partial charge in [-0.05, 0) is 30.5 Å². The van der Waals surface area contributed by atoms with Gasteiger partial charge in [0, 0.05) is 31.5 Å². The highest BCUT2D eigenvalue weighted by atomic mass is 19.1. The number of amides is 2. The topological polar surface area (TPSA) is 69.6 Å². The quantitative estimate of drug-likeness (QED) is 0.862. The van der Waals surface area contributed by atoms with E-state index >= 15 is 0 Å². The largest absolute Gasteiger partial charge is 0.387 e. The summed E-state index contributed by atoms with van der Waals surface area (Å²) < 4.78 is 12.9. The molecule has 1 heterocycles. The highest BCUT2D eigenvalue weighted by molar-refractivity contribution is 5.80. The molecule has 2 amide bonds. The lowest BCUT2D eigenvalue weighted by molar-refractivity contribution is -0.138. The standard InChI is InChI=1S/C18H25FN2O3/c1-12(2)18(24)21-9-7-14(8-10-21)17(23)20-11-16(22)13-3-5-15(19)6-4-13/h3-6,12,14,16,22H,7-11H2,1-2H3,(H,20,23)/t16-/m0/s1. The summed E-state index contributed by atoms with van der Waals surface area (Å²) in [4.78, 5) is 26.0. The van der Waals surface area contributed by atoms with Crippen molar-refractivity contribution in [3.8, 4) is 0 Å². The van der Waals surface area contributed by atoms with E-state index in [4.69, 9.17) is 0 Å². The van der Waals surface area contributed by atoms with Crippen molar-refractivity contribution in [1.82, 2.24) is 10.2 Å². The molecule has 1 aromatic carbocycles. The average Bonchev–Trinajstić information content (AvgIpc) is 2.59. The summed E-state index contributed by atoms with van der Waals surface area (Å²) in [7, 11) is 0. The Labute approximate surface area is 141 Å². The molecule has 1 aliphatic heterocycles. The number of piperidine rings is 1. The molecule has 0 unspecified atom stereocenters. The molecule has 5 nitrogen and oxygen atoms in total. The number of hydrogen-bond acceptors (Lipinski definition) is 3. The summed E-state index contributed by atoms with van der Waals surface area (Å²) in [6.45, 7) is 5.02. The molecule has 2 N–H and O–H groups in total. The molecule has 1 atom stereocenters. The minimum absolute atomic E-state index is 0.0266. The molecular formula is C18H25FN2O3. The molecule has 0 aromatic heterocycles. The Morgan fingerprint density at radius 3 is 2.38 bits per heavy atom. The normalized spacial score (nSPS) is 17.0. The van der Waals surface area contributed by atoms with Gasteiger partial charge in [-0.1, -0.05) is 26.0 Å². The second kappa shape index (κ2) is 8.24. The fourth-order valence-electron chi connectivity index (χ4n) is 2.87. The number of aliphatic hydroxyl groups is 1.